The Kier molecular flexibility index (Phi) is 9.57. The summed E-state index contributed by atoms with van der Waals surface area (Å²) in [4.78, 5) is 29.3. The van der Waals surface area contributed by atoms with Gasteiger partial charge in [-0.05, 0) is 74.9 Å². The first-order valence-electron chi connectivity index (χ1n) is 13.9. The van der Waals surface area contributed by atoms with Gasteiger partial charge in [-0.25, -0.2) is 0 Å². The Morgan fingerprint density at radius 1 is 1.05 bits per heavy atom. The standard InChI is InChI=1S/C31H42ClN3O4/c1-21-6-7-26(22(2)14-21)18-34-12-13-39-31(19-34,20-38-28-15-23(3)30(32)24(4)16-28)17-29(37)35-10-8-27(9-11-35)33-25(5)36/h6-7,14-16,27H,8-13,17-20H2,1-5H3,(H,33,36). The average molecular weight is 556 g/mol. The lowest BCUT2D eigenvalue weighted by Gasteiger charge is -2.43. The number of halogens is 1. The van der Waals surface area contributed by atoms with Gasteiger partial charge in [0.25, 0.3) is 0 Å². The van der Waals surface area contributed by atoms with Gasteiger partial charge in [0.1, 0.15) is 18.0 Å². The lowest BCUT2D eigenvalue weighted by Crippen LogP contribution is -2.57. The number of nitrogens with one attached hydrogen (secondary N) is 1. The normalized spacial score (nSPS) is 20.6. The number of hydrogen-bond acceptors (Lipinski definition) is 5. The van der Waals surface area contributed by atoms with Gasteiger partial charge < -0.3 is 19.7 Å². The summed E-state index contributed by atoms with van der Waals surface area (Å²) in [6.45, 7) is 14.0. The maximum absolute atomic E-state index is 13.6. The molecule has 2 aromatic carbocycles. The maximum Gasteiger partial charge on any atom is 0.225 e. The third kappa shape index (κ3) is 7.74. The zero-order valence-corrected chi connectivity index (χ0v) is 24.7. The first-order chi connectivity index (χ1) is 18.5. The molecule has 7 nitrogen and oxygen atoms in total. The van der Waals surface area contributed by atoms with Crippen LogP contribution in [0.25, 0.3) is 0 Å². The molecule has 0 bridgehead atoms. The van der Waals surface area contributed by atoms with Gasteiger partial charge in [-0.3, -0.25) is 14.5 Å². The highest BCUT2D eigenvalue weighted by molar-refractivity contribution is 6.32. The minimum Gasteiger partial charge on any atom is -0.490 e. The third-order valence-electron chi connectivity index (χ3n) is 7.86. The molecule has 4 rings (SSSR count). The van der Waals surface area contributed by atoms with E-state index >= 15 is 0 Å². The van der Waals surface area contributed by atoms with E-state index in [1.807, 2.05) is 30.9 Å². The number of aryl methyl sites for hydroxylation is 4. The number of hydrogen-bond donors (Lipinski definition) is 1. The average Bonchev–Trinajstić information content (AvgIpc) is 2.88. The van der Waals surface area contributed by atoms with Crippen molar-refractivity contribution in [2.75, 3.05) is 39.4 Å². The zero-order valence-electron chi connectivity index (χ0n) is 23.9. The fraction of sp³-hybridized carbons (Fsp3) is 0.548. The summed E-state index contributed by atoms with van der Waals surface area (Å²) in [7, 11) is 0. The number of ether oxygens (including phenoxy) is 2. The zero-order chi connectivity index (χ0) is 28.2. The lowest BCUT2D eigenvalue weighted by molar-refractivity contribution is -0.157. The Labute approximate surface area is 237 Å². The molecule has 1 unspecified atom stereocenters. The Morgan fingerprint density at radius 2 is 1.74 bits per heavy atom. The van der Waals surface area contributed by atoms with E-state index in [0.29, 0.717) is 26.2 Å². The molecule has 8 heteroatoms. The molecule has 0 aliphatic carbocycles. The molecule has 0 aromatic heterocycles. The lowest BCUT2D eigenvalue weighted by atomic mass is 9.95. The van der Waals surface area contributed by atoms with E-state index in [4.69, 9.17) is 21.1 Å². The molecule has 39 heavy (non-hydrogen) atoms. The van der Waals surface area contributed by atoms with Crippen molar-refractivity contribution in [2.45, 2.75) is 72.1 Å². The number of likely N-dealkylation sites (tertiary alicyclic amines) is 1. The summed E-state index contributed by atoms with van der Waals surface area (Å²) < 4.78 is 12.8. The van der Waals surface area contributed by atoms with E-state index in [9.17, 15) is 9.59 Å². The second kappa shape index (κ2) is 12.7. The third-order valence-corrected chi connectivity index (χ3v) is 8.46. The molecule has 1 N–H and O–H groups in total. The van der Waals surface area contributed by atoms with E-state index in [-0.39, 0.29) is 30.9 Å². The number of rotatable bonds is 8. The number of nitrogens with zero attached hydrogens (tertiary/aromatic N) is 2. The summed E-state index contributed by atoms with van der Waals surface area (Å²) in [5.41, 5.74) is 4.95. The van der Waals surface area contributed by atoms with E-state index < -0.39 is 5.60 Å². The van der Waals surface area contributed by atoms with Crippen LogP contribution in [0.1, 0.15) is 54.0 Å². The summed E-state index contributed by atoms with van der Waals surface area (Å²) in [6, 6.07) is 10.6. The highest BCUT2D eigenvalue weighted by Gasteiger charge is 2.41. The van der Waals surface area contributed by atoms with Gasteiger partial charge in [-0.1, -0.05) is 35.4 Å². The van der Waals surface area contributed by atoms with Crippen LogP contribution in [0.15, 0.2) is 30.3 Å². The van der Waals surface area contributed by atoms with Crippen LogP contribution in [-0.4, -0.2) is 72.6 Å². The van der Waals surface area contributed by atoms with Gasteiger partial charge in [0.15, 0.2) is 0 Å². The van der Waals surface area contributed by atoms with Gasteiger partial charge in [0.2, 0.25) is 11.8 Å². The second-order valence-electron chi connectivity index (χ2n) is 11.4. The molecule has 2 amide bonds. The maximum atomic E-state index is 13.6. The Hall–Kier alpha value is -2.61. The van der Waals surface area contributed by atoms with Crippen LogP contribution in [0.4, 0.5) is 0 Å². The molecule has 2 aromatic rings. The SMILES string of the molecule is CC(=O)NC1CCN(C(=O)CC2(COc3cc(C)c(Cl)c(C)c3)CN(Cc3ccc(C)cc3C)CCO2)CC1. The van der Waals surface area contributed by atoms with Crippen molar-refractivity contribution in [3.8, 4) is 5.75 Å². The summed E-state index contributed by atoms with van der Waals surface area (Å²) >= 11 is 6.38. The van der Waals surface area contributed by atoms with Crippen molar-refractivity contribution in [2.24, 2.45) is 0 Å². The quantitative estimate of drug-likeness (QED) is 0.509. The monoisotopic (exact) mass is 555 g/mol. The highest BCUT2D eigenvalue weighted by Crippen LogP contribution is 2.30. The van der Waals surface area contributed by atoms with Crippen LogP contribution < -0.4 is 10.1 Å². The molecule has 0 spiro atoms. The number of benzene rings is 2. The number of morpholine rings is 1. The molecule has 2 aliphatic heterocycles. The highest BCUT2D eigenvalue weighted by atomic mass is 35.5. The summed E-state index contributed by atoms with van der Waals surface area (Å²) in [6.07, 6.45) is 1.77. The number of piperidine rings is 1. The van der Waals surface area contributed by atoms with Gasteiger partial charge >= 0.3 is 0 Å². The van der Waals surface area contributed by atoms with Gasteiger partial charge in [-0.2, -0.15) is 0 Å². The van der Waals surface area contributed by atoms with E-state index in [0.717, 1.165) is 47.8 Å². The molecular formula is C31H42ClN3O4. The summed E-state index contributed by atoms with van der Waals surface area (Å²) in [5.74, 6) is 0.771. The van der Waals surface area contributed by atoms with E-state index in [1.54, 1.807) is 0 Å². The predicted octanol–water partition coefficient (Wildman–Crippen LogP) is 4.74. The fourth-order valence-electron chi connectivity index (χ4n) is 5.72. The van der Waals surface area contributed by atoms with Crippen LogP contribution in [0.2, 0.25) is 5.02 Å². The fourth-order valence-corrected chi connectivity index (χ4v) is 5.83. The molecule has 2 heterocycles. The van der Waals surface area contributed by atoms with Crippen molar-refractivity contribution in [1.29, 1.82) is 0 Å². The molecule has 2 fully saturated rings. The predicted molar refractivity (Wildman–Crippen MR) is 154 cm³/mol. The van der Waals surface area contributed by atoms with Crippen LogP contribution >= 0.6 is 11.6 Å². The topological polar surface area (TPSA) is 71.1 Å². The second-order valence-corrected chi connectivity index (χ2v) is 11.7. The molecule has 212 valence electrons. The number of carbonyl (C=O) groups excluding carboxylic acids is 2. The van der Waals surface area contributed by atoms with E-state index in [2.05, 4.69) is 42.3 Å². The van der Waals surface area contributed by atoms with Crippen LogP contribution in [0, 0.1) is 27.7 Å². The Balaban J connectivity index is 1.50. The Morgan fingerprint density at radius 3 is 2.38 bits per heavy atom. The van der Waals surface area contributed by atoms with Crippen molar-refractivity contribution < 1.29 is 19.1 Å². The first-order valence-corrected chi connectivity index (χ1v) is 14.3. The summed E-state index contributed by atoms with van der Waals surface area (Å²) in [5, 5.41) is 3.72. The minimum atomic E-state index is -0.774. The largest absolute Gasteiger partial charge is 0.490 e. The molecule has 0 radical (unpaired) electrons. The molecule has 2 aliphatic rings. The van der Waals surface area contributed by atoms with Crippen molar-refractivity contribution in [1.82, 2.24) is 15.1 Å². The van der Waals surface area contributed by atoms with E-state index in [1.165, 1.54) is 23.6 Å². The van der Waals surface area contributed by atoms with Gasteiger partial charge in [0.05, 0.1) is 13.0 Å². The number of carbonyl (C=O) groups is 2. The molecule has 1 atom stereocenters. The van der Waals surface area contributed by atoms with Crippen molar-refractivity contribution in [3.05, 3.63) is 63.2 Å². The van der Waals surface area contributed by atoms with Crippen LogP contribution in [0.3, 0.4) is 0 Å². The van der Waals surface area contributed by atoms with Crippen molar-refractivity contribution in [3.63, 3.8) is 0 Å². The van der Waals surface area contributed by atoms with Crippen molar-refractivity contribution >= 4 is 23.4 Å². The van der Waals surface area contributed by atoms with Gasteiger partial charge in [-0.15, -0.1) is 0 Å². The molecule has 2 saturated heterocycles. The number of amides is 2. The van der Waals surface area contributed by atoms with Crippen LogP contribution in [0.5, 0.6) is 5.75 Å². The van der Waals surface area contributed by atoms with Gasteiger partial charge in [0, 0.05) is 50.7 Å². The molecular weight excluding hydrogens is 514 g/mol. The Bertz CT molecular complexity index is 1170. The first kappa shape index (κ1) is 29.4. The van der Waals surface area contributed by atoms with Crippen LogP contribution in [-0.2, 0) is 20.9 Å². The minimum absolute atomic E-state index is 0.0249. The molecule has 0 saturated carbocycles. The smallest absolute Gasteiger partial charge is 0.225 e.